The monoisotopic (exact) mass is 457 g/mol. The van der Waals surface area contributed by atoms with Gasteiger partial charge in [-0.15, -0.1) is 0 Å². The van der Waals surface area contributed by atoms with Crippen LogP contribution in [-0.2, 0) is 14.4 Å². The van der Waals surface area contributed by atoms with Crippen molar-refractivity contribution in [3.05, 3.63) is 0 Å². The normalized spacial score (nSPS) is 15.8. The van der Waals surface area contributed by atoms with Gasteiger partial charge in [0.25, 0.3) is 0 Å². The van der Waals surface area contributed by atoms with Gasteiger partial charge in [0.05, 0.1) is 0 Å². The Morgan fingerprint density at radius 2 is 1.12 bits per heavy atom. The summed E-state index contributed by atoms with van der Waals surface area (Å²) in [6.07, 6.45) is 4.86. The van der Waals surface area contributed by atoms with Crippen molar-refractivity contribution in [1.29, 1.82) is 0 Å². The largest absolute Gasteiger partial charge is 0.369 e. The molecule has 6 heteroatoms. The highest BCUT2D eigenvalue weighted by molar-refractivity contribution is 5.77. The Bertz CT molecular complexity index is 527. The Labute approximate surface area is 198 Å². The predicted octanol–water partition coefficient (Wildman–Crippen LogP) is 5.27. The third kappa shape index (κ3) is 15.3. The second-order valence-electron chi connectivity index (χ2n) is 10.5. The molecule has 0 aromatic carbocycles. The van der Waals surface area contributed by atoms with Gasteiger partial charge in [-0.1, -0.05) is 95.4 Å². The number of amides is 3. The summed E-state index contributed by atoms with van der Waals surface area (Å²) in [5.41, 5.74) is 15.7. The molecule has 0 rings (SSSR count). The van der Waals surface area contributed by atoms with Crippen LogP contribution < -0.4 is 17.2 Å². The van der Waals surface area contributed by atoms with Crippen molar-refractivity contribution in [3.8, 4) is 0 Å². The quantitative estimate of drug-likeness (QED) is 0.391. The van der Waals surface area contributed by atoms with Crippen LogP contribution in [0.3, 0.4) is 0 Å². The molecule has 0 aromatic rings. The van der Waals surface area contributed by atoms with Gasteiger partial charge in [-0.2, -0.15) is 0 Å². The van der Waals surface area contributed by atoms with E-state index in [0.717, 1.165) is 32.1 Å². The minimum absolute atomic E-state index is 0.00694. The molecule has 3 amide bonds. The van der Waals surface area contributed by atoms with E-state index >= 15 is 0 Å². The predicted molar refractivity (Wildman–Crippen MR) is 136 cm³/mol. The van der Waals surface area contributed by atoms with Crippen LogP contribution in [0.4, 0.5) is 0 Å². The topological polar surface area (TPSA) is 129 Å². The molecule has 0 fully saturated rings. The first-order chi connectivity index (χ1) is 14.5. The molecule has 5 unspecified atom stereocenters. The summed E-state index contributed by atoms with van der Waals surface area (Å²) < 4.78 is 0. The number of hydrogen-bond donors (Lipinski definition) is 3. The molecule has 192 valence electrons. The second kappa shape index (κ2) is 17.9. The molecule has 0 heterocycles. The average molecular weight is 458 g/mol. The van der Waals surface area contributed by atoms with E-state index in [0.29, 0.717) is 17.8 Å². The average Bonchev–Trinajstić information content (AvgIpc) is 2.64. The molecule has 0 aliphatic carbocycles. The van der Waals surface area contributed by atoms with Gasteiger partial charge in [0.15, 0.2) is 0 Å². The van der Waals surface area contributed by atoms with Crippen LogP contribution in [0.1, 0.15) is 108 Å². The minimum Gasteiger partial charge on any atom is -0.369 e. The van der Waals surface area contributed by atoms with Gasteiger partial charge in [-0.3, -0.25) is 14.4 Å². The van der Waals surface area contributed by atoms with Gasteiger partial charge in [0.1, 0.15) is 0 Å². The maximum Gasteiger partial charge on any atom is 0.221 e. The van der Waals surface area contributed by atoms with Crippen LogP contribution in [0.15, 0.2) is 0 Å². The van der Waals surface area contributed by atoms with E-state index < -0.39 is 0 Å². The summed E-state index contributed by atoms with van der Waals surface area (Å²) in [4.78, 5) is 32.7. The lowest BCUT2D eigenvalue weighted by Crippen LogP contribution is -2.33. The molecule has 0 aliphatic rings. The zero-order chi connectivity index (χ0) is 26.2. The second-order valence-corrected chi connectivity index (χ2v) is 10.5. The lowest BCUT2D eigenvalue weighted by molar-refractivity contribution is -0.125. The van der Waals surface area contributed by atoms with Crippen molar-refractivity contribution < 1.29 is 14.4 Å². The SMILES string of the molecule is CCC(C(N)=O)C(C)(C)C.CCC(C)C(C(N)=O)C(C)C.CCCC(C(N)=O)C(C)CC. The minimum atomic E-state index is -0.185. The van der Waals surface area contributed by atoms with Crippen LogP contribution in [0.25, 0.3) is 0 Å². The fraction of sp³-hybridized carbons (Fsp3) is 0.885. The fourth-order valence-corrected chi connectivity index (χ4v) is 4.06. The fourth-order valence-electron chi connectivity index (χ4n) is 4.06. The van der Waals surface area contributed by atoms with Gasteiger partial charge < -0.3 is 17.2 Å². The maximum atomic E-state index is 11.0. The lowest BCUT2D eigenvalue weighted by Gasteiger charge is -2.26. The zero-order valence-corrected chi connectivity index (χ0v) is 23.0. The van der Waals surface area contributed by atoms with Gasteiger partial charge >= 0.3 is 0 Å². The summed E-state index contributed by atoms with van der Waals surface area (Å²) >= 11 is 0. The Morgan fingerprint density at radius 1 is 0.688 bits per heavy atom. The van der Waals surface area contributed by atoms with E-state index in [4.69, 9.17) is 17.2 Å². The molecule has 6 N–H and O–H groups in total. The molecule has 5 atom stereocenters. The summed E-state index contributed by atoms with van der Waals surface area (Å²) in [6.45, 7) is 22.6. The number of primary amides is 3. The number of hydrogen-bond acceptors (Lipinski definition) is 3. The molecule has 0 aliphatic heterocycles. The third-order valence-corrected chi connectivity index (χ3v) is 6.40. The molecular weight excluding hydrogens is 402 g/mol. The Hall–Kier alpha value is -1.59. The molecule has 6 nitrogen and oxygen atoms in total. The number of rotatable bonds is 11. The van der Waals surface area contributed by atoms with E-state index in [2.05, 4.69) is 34.6 Å². The summed E-state index contributed by atoms with van der Waals surface area (Å²) in [5.74, 6) is 0.866. The molecule has 0 saturated heterocycles. The Morgan fingerprint density at radius 3 is 1.25 bits per heavy atom. The van der Waals surface area contributed by atoms with Crippen molar-refractivity contribution in [2.45, 2.75) is 108 Å². The Kier molecular flexibility index (Phi) is 19.6. The third-order valence-electron chi connectivity index (χ3n) is 6.40. The first-order valence-corrected chi connectivity index (χ1v) is 12.4. The van der Waals surface area contributed by atoms with Crippen LogP contribution in [-0.4, -0.2) is 17.7 Å². The van der Waals surface area contributed by atoms with Crippen molar-refractivity contribution in [1.82, 2.24) is 0 Å². The van der Waals surface area contributed by atoms with Gasteiger partial charge in [-0.05, 0) is 36.0 Å². The molecule has 0 spiro atoms. The molecule has 0 radical (unpaired) electrons. The van der Waals surface area contributed by atoms with E-state index in [9.17, 15) is 14.4 Å². The van der Waals surface area contributed by atoms with Crippen molar-refractivity contribution in [2.24, 2.45) is 58.1 Å². The summed E-state index contributed by atoms with van der Waals surface area (Å²) in [7, 11) is 0. The molecule has 0 aromatic heterocycles. The summed E-state index contributed by atoms with van der Waals surface area (Å²) in [6, 6.07) is 0. The van der Waals surface area contributed by atoms with Crippen molar-refractivity contribution in [3.63, 3.8) is 0 Å². The van der Waals surface area contributed by atoms with Crippen LogP contribution in [0, 0.1) is 40.9 Å². The molecule has 32 heavy (non-hydrogen) atoms. The van der Waals surface area contributed by atoms with E-state index in [1.165, 1.54) is 0 Å². The van der Waals surface area contributed by atoms with Crippen molar-refractivity contribution >= 4 is 17.7 Å². The zero-order valence-electron chi connectivity index (χ0n) is 23.0. The highest BCUT2D eigenvalue weighted by Crippen LogP contribution is 2.27. The maximum absolute atomic E-state index is 11.0. The van der Waals surface area contributed by atoms with Crippen LogP contribution in [0.2, 0.25) is 0 Å². The van der Waals surface area contributed by atoms with E-state index in [-0.39, 0.29) is 40.9 Å². The standard InChI is InChI=1S/2C9H19NO.C8H17NO/c1-5-7(4)8(6(2)3)9(10)11;1-4-6-8(9(10)11)7(3)5-2;1-5-6(7(9)10)8(2,3)4/h6-8H,5H2,1-4H3,(H2,10,11);7-8H,4-6H2,1-3H3,(H2,10,11);6H,5H2,1-4H3,(H2,9,10). The van der Waals surface area contributed by atoms with Gasteiger partial charge in [0, 0.05) is 17.8 Å². The molecule has 0 bridgehead atoms. The first kappa shape index (κ1) is 35.0. The highest BCUT2D eigenvalue weighted by atomic mass is 16.2. The number of carbonyl (C=O) groups is 3. The van der Waals surface area contributed by atoms with Crippen molar-refractivity contribution in [2.75, 3.05) is 0 Å². The van der Waals surface area contributed by atoms with Gasteiger partial charge in [0.2, 0.25) is 17.7 Å². The Balaban J connectivity index is -0.000000395. The smallest absolute Gasteiger partial charge is 0.221 e. The van der Waals surface area contributed by atoms with E-state index in [1.807, 2.05) is 41.5 Å². The van der Waals surface area contributed by atoms with Crippen LogP contribution >= 0.6 is 0 Å². The van der Waals surface area contributed by atoms with Crippen LogP contribution in [0.5, 0.6) is 0 Å². The molecular formula is C26H55N3O3. The number of carbonyl (C=O) groups excluding carboxylic acids is 3. The van der Waals surface area contributed by atoms with E-state index in [1.54, 1.807) is 0 Å². The lowest BCUT2D eigenvalue weighted by atomic mass is 9.79. The first-order valence-electron chi connectivity index (χ1n) is 12.4. The summed E-state index contributed by atoms with van der Waals surface area (Å²) in [5, 5.41) is 0. The highest BCUT2D eigenvalue weighted by Gasteiger charge is 2.27. The molecule has 0 saturated carbocycles. The number of nitrogens with two attached hydrogens (primary N) is 3. The van der Waals surface area contributed by atoms with Gasteiger partial charge in [-0.25, -0.2) is 0 Å².